The van der Waals surface area contributed by atoms with E-state index in [9.17, 15) is 19.8 Å². The summed E-state index contributed by atoms with van der Waals surface area (Å²) in [6.45, 7) is 4.06. The third-order valence-corrected chi connectivity index (χ3v) is 7.26. The highest BCUT2D eigenvalue weighted by Crippen LogP contribution is 2.34. The molecule has 0 radical (unpaired) electrons. The van der Waals surface area contributed by atoms with E-state index in [1.165, 1.54) is 37.3 Å². The van der Waals surface area contributed by atoms with Crippen molar-refractivity contribution in [1.29, 1.82) is 0 Å². The van der Waals surface area contributed by atoms with Crippen LogP contribution in [0.25, 0.3) is 11.8 Å². The van der Waals surface area contributed by atoms with Gasteiger partial charge in [0.2, 0.25) is 0 Å². The molecule has 0 bridgehead atoms. The standard InChI is InChI=1S/C28H34N16O4/c1-5-7-9-17-20(35-37-24-15(26(45)46)13-32-41(24)3)22(29)43(39-17)19-11-12-31-28(34-19)44-23(30)21(18(40-44)10-8-6-2)36-38-25-16(27(47)48)14-33-42(25)4/h11-14H,5-10,29-30H2,1-4H3,(H,45,46)(H,47,48). The highest BCUT2D eigenvalue weighted by atomic mass is 16.4. The summed E-state index contributed by atoms with van der Waals surface area (Å²) >= 11 is 0. The maximum absolute atomic E-state index is 11.6. The second-order valence-corrected chi connectivity index (χ2v) is 10.6. The lowest BCUT2D eigenvalue weighted by Crippen LogP contribution is -2.11. The van der Waals surface area contributed by atoms with Crippen molar-refractivity contribution in [2.24, 2.45) is 34.6 Å². The summed E-state index contributed by atoms with van der Waals surface area (Å²) < 4.78 is 5.30. The van der Waals surface area contributed by atoms with Crippen LogP contribution in [0, 0.1) is 0 Å². The van der Waals surface area contributed by atoms with Crippen molar-refractivity contribution in [2.75, 3.05) is 11.5 Å². The Bertz CT molecular complexity index is 1890. The van der Waals surface area contributed by atoms with E-state index in [1.807, 2.05) is 13.8 Å². The SMILES string of the molecule is CCCCc1nn(-c2ccnc(-n3nc(CCCC)c(N=Nc4c(C(=O)O)cnn4C)c3N)n2)c(N)c1N=Nc1c(C(=O)O)cnn1C. The van der Waals surface area contributed by atoms with Gasteiger partial charge in [-0.05, 0) is 25.7 Å². The summed E-state index contributed by atoms with van der Waals surface area (Å²) in [7, 11) is 3.11. The van der Waals surface area contributed by atoms with Crippen molar-refractivity contribution >= 4 is 46.6 Å². The monoisotopic (exact) mass is 658 g/mol. The first-order chi connectivity index (χ1) is 23.0. The second-order valence-electron chi connectivity index (χ2n) is 10.6. The fourth-order valence-electron chi connectivity index (χ4n) is 4.67. The van der Waals surface area contributed by atoms with Gasteiger partial charge in [0, 0.05) is 26.4 Å². The molecule has 250 valence electrons. The summed E-state index contributed by atoms with van der Waals surface area (Å²) in [5.74, 6) is -1.74. The number of carboxylic acid groups (broad SMARTS) is 2. The first-order valence-electron chi connectivity index (χ1n) is 15.0. The number of hydrogen-bond donors (Lipinski definition) is 4. The van der Waals surface area contributed by atoms with Crippen LogP contribution in [0.2, 0.25) is 0 Å². The molecule has 48 heavy (non-hydrogen) atoms. The Morgan fingerprint density at radius 1 is 0.771 bits per heavy atom. The van der Waals surface area contributed by atoms with Crippen LogP contribution in [-0.2, 0) is 26.9 Å². The molecule has 0 saturated carbocycles. The number of unbranched alkanes of at least 4 members (excludes halogenated alkanes) is 2. The summed E-state index contributed by atoms with van der Waals surface area (Å²) in [6.07, 6.45) is 8.23. The van der Waals surface area contributed by atoms with Crippen LogP contribution >= 0.6 is 0 Å². The Morgan fingerprint density at radius 3 is 1.73 bits per heavy atom. The van der Waals surface area contributed by atoms with Gasteiger partial charge in [-0.25, -0.2) is 23.9 Å². The first kappa shape index (κ1) is 33.0. The molecule has 20 nitrogen and oxygen atoms in total. The van der Waals surface area contributed by atoms with E-state index in [2.05, 4.69) is 50.8 Å². The van der Waals surface area contributed by atoms with Crippen molar-refractivity contribution in [3.05, 3.63) is 47.2 Å². The van der Waals surface area contributed by atoms with Gasteiger partial charge in [0.1, 0.15) is 11.1 Å². The van der Waals surface area contributed by atoms with E-state index in [4.69, 9.17) is 11.5 Å². The number of azo groups is 2. The van der Waals surface area contributed by atoms with E-state index in [0.29, 0.717) is 24.2 Å². The minimum atomic E-state index is -1.19. The topological polar surface area (TPSA) is 273 Å². The average molecular weight is 659 g/mol. The van der Waals surface area contributed by atoms with Crippen LogP contribution in [-0.4, -0.2) is 71.2 Å². The van der Waals surface area contributed by atoms with Crippen molar-refractivity contribution < 1.29 is 19.8 Å². The van der Waals surface area contributed by atoms with Gasteiger partial charge >= 0.3 is 11.9 Å². The number of nitrogens with two attached hydrogens (primary N) is 2. The number of rotatable bonds is 14. The van der Waals surface area contributed by atoms with Crippen molar-refractivity contribution in [3.8, 4) is 11.8 Å². The minimum Gasteiger partial charge on any atom is -0.477 e. The van der Waals surface area contributed by atoms with Gasteiger partial charge in [-0.3, -0.25) is 0 Å². The number of aromatic carboxylic acids is 2. The van der Waals surface area contributed by atoms with E-state index in [1.54, 1.807) is 20.2 Å². The van der Waals surface area contributed by atoms with E-state index in [-0.39, 0.29) is 57.5 Å². The Balaban J connectivity index is 1.55. The Morgan fingerprint density at radius 2 is 1.25 bits per heavy atom. The Kier molecular flexibility index (Phi) is 9.62. The normalized spacial score (nSPS) is 11.8. The molecule has 5 aromatic rings. The van der Waals surface area contributed by atoms with E-state index >= 15 is 0 Å². The van der Waals surface area contributed by atoms with Crippen LogP contribution in [0.1, 0.15) is 71.6 Å². The number of nitrogens with zero attached hydrogens (tertiary/aromatic N) is 14. The molecule has 5 aromatic heterocycles. The zero-order chi connectivity index (χ0) is 34.5. The number of aromatic nitrogens is 10. The third kappa shape index (κ3) is 6.48. The molecule has 0 saturated heterocycles. The maximum Gasteiger partial charge on any atom is 0.341 e. The highest BCUT2D eigenvalue weighted by molar-refractivity contribution is 5.92. The van der Waals surface area contributed by atoms with Crippen LogP contribution in [0.3, 0.4) is 0 Å². The third-order valence-electron chi connectivity index (χ3n) is 7.26. The van der Waals surface area contributed by atoms with Crippen molar-refractivity contribution in [3.63, 3.8) is 0 Å². The highest BCUT2D eigenvalue weighted by Gasteiger charge is 2.23. The van der Waals surface area contributed by atoms with Gasteiger partial charge in [0.05, 0.1) is 23.8 Å². The molecule has 0 unspecified atom stereocenters. The maximum atomic E-state index is 11.6. The van der Waals surface area contributed by atoms with Crippen molar-refractivity contribution in [2.45, 2.75) is 52.4 Å². The van der Waals surface area contributed by atoms with Gasteiger partial charge in [-0.2, -0.15) is 34.7 Å². The molecule has 5 heterocycles. The minimum absolute atomic E-state index is 0.0397. The predicted octanol–water partition coefficient (Wildman–Crippen LogP) is 4.39. The fraction of sp³-hybridized carbons (Fsp3) is 0.357. The summed E-state index contributed by atoms with van der Waals surface area (Å²) in [5.41, 5.74) is 14.4. The van der Waals surface area contributed by atoms with Crippen LogP contribution in [0.4, 0.5) is 34.6 Å². The molecular weight excluding hydrogens is 624 g/mol. The number of carbonyl (C=O) groups is 2. The lowest BCUT2D eigenvalue weighted by Gasteiger charge is -2.06. The molecule has 0 atom stereocenters. The number of anilines is 2. The fourth-order valence-corrected chi connectivity index (χ4v) is 4.67. The molecule has 0 aliphatic carbocycles. The molecule has 0 fully saturated rings. The first-order valence-corrected chi connectivity index (χ1v) is 15.0. The molecule has 20 heteroatoms. The summed E-state index contributed by atoms with van der Waals surface area (Å²) in [6, 6.07) is 1.59. The quantitative estimate of drug-likeness (QED) is 0.121. The van der Waals surface area contributed by atoms with Gasteiger partial charge < -0.3 is 21.7 Å². The number of nitrogen functional groups attached to an aromatic ring is 2. The molecule has 0 amide bonds. The lowest BCUT2D eigenvalue weighted by atomic mass is 10.2. The van der Waals surface area contributed by atoms with Gasteiger partial charge in [0.15, 0.2) is 40.5 Å². The predicted molar refractivity (Wildman–Crippen MR) is 171 cm³/mol. The van der Waals surface area contributed by atoms with E-state index in [0.717, 1.165) is 25.7 Å². The molecule has 5 rings (SSSR count). The summed E-state index contributed by atoms with van der Waals surface area (Å²) in [4.78, 5) is 32.3. The second kappa shape index (κ2) is 14.0. The number of hydrogen-bond acceptors (Lipinski definition) is 14. The molecule has 0 aromatic carbocycles. The summed E-state index contributed by atoms with van der Waals surface area (Å²) in [5, 5.41) is 53.1. The average Bonchev–Trinajstić information content (AvgIpc) is 3.80. The van der Waals surface area contributed by atoms with Gasteiger partial charge in [-0.1, -0.05) is 26.7 Å². The molecule has 6 N–H and O–H groups in total. The largest absolute Gasteiger partial charge is 0.477 e. The van der Waals surface area contributed by atoms with Crippen LogP contribution in [0.5, 0.6) is 0 Å². The Labute approximate surface area is 272 Å². The number of carboxylic acids is 2. The van der Waals surface area contributed by atoms with Crippen LogP contribution in [0.15, 0.2) is 45.1 Å². The smallest absolute Gasteiger partial charge is 0.341 e. The molecule has 0 aliphatic rings. The van der Waals surface area contributed by atoms with Gasteiger partial charge in [-0.15, -0.1) is 20.5 Å². The Hall–Kier alpha value is -6.34. The van der Waals surface area contributed by atoms with Crippen LogP contribution < -0.4 is 11.5 Å². The van der Waals surface area contributed by atoms with E-state index < -0.39 is 11.9 Å². The van der Waals surface area contributed by atoms with Crippen molar-refractivity contribution in [1.82, 2.24) is 49.1 Å². The lowest BCUT2D eigenvalue weighted by molar-refractivity contribution is 0.0686. The molecule has 0 spiro atoms. The number of aryl methyl sites for hydroxylation is 4. The molecular formula is C28H34N16O4. The van der Waals surface area contributed by atoms with Gasteiger partial charge in [0.25, 0.3) is 5.95 Å². The zero-order valence-corrected chi connectivity index (χ0v) is 26.7. The molecule has 0 aliphatic heterocycles. The zero-order valence-electron chi connectivity index (χ0n) is 26.7.